The zero-order chi connectivity index (χ0) is 33.1. The summed E-state index contributed by atoms with van der Waals surface area (Å²) in [6, 6.07) is 0.0330. The molecular formula is C33H66N4O5S. The quantitative estimate of drug-likeness (QED) is 0.135. The second kappa shape index (κ2) is 23.2. The van der Waals surface area contributed by atoms with Gasteiger partial charge in [0.2, 0.25) is 10.0 Å². The Hall–Kier alpha value is -2.20. The van der Waals surface area contributed by atoms with E-state index in [0.29, 0.717) is 5.41 Å². The molecule has 2 aliphatic rings. The molecule has 0 atom stereocenters. The predicted octanol–water partition coefficient (Wildman–Crippen LogP) is 7.91. The number of aromatic nitrogens is 2. The third kappa shape index (κ3) is 23.9. The predicted molar refractivity (Wildman–Crippen MR) is 183 cm³/mol. The van der Waals surface area contributed by atoms with Gasteiger partial charge >= 0.3 is 5.97 Å². The van der Waals surface area contributed by atoms with E-state index < -0.39 is 10.0 Å². The number of hydrogen-bond donors (Lipinski definition) is 1. The summed E-state index contributed by atoms with van der Waals surface area (Å²) < 4.78 is 31.8. The van der Waals surface area contributed by atoms with Crippen LogP contribution in [0.4, 0.5) is 0 Å². The number of oxime groups is 1. The Morgan fingerprint density at radius 3 is 1.86 bits per heavy atom. The van der Waals surface area contributed by atoms with Gasteiger partial charge in [0, 0.05) is 25.5 Å². The van der Waals surface area contributed by atoms with Gasteiger partial charge in [0.25, 0.3) is 0 Å². The Morgan fingerprint density at radius 1 is 1.05 bits per heavy atom. The first-order chi connectivity index (χ1) is 19.4. The molecule has 2 aliphatic carbocycles. The molecule has 1 heterocycles. The summed E-state index contributed by atoms with van der Waals surface area (Å²) in [5, 5.41) is 3.68. The first-order valence-corrected chi connectivity index (χ1v) is 16.8. The molecule has 2 fully saturated rings. The van der Waals surface area contributed by atoms with E-state index in [4.69, 9.17) is 9.57 Å². The van der Waals surface area contributed by atoms with E-state index in [1.165, 1.54) is 12.8 Å². The molecule has 0 amide bonds. The second-order valence-electron chi connectivity index (χ2n) is 12.8. The van der Waals surface area contributed by atoms with Gasteiger partial charge in [-0.1, -0.05) is 61.0 Å². The van der Waals surface area contributed by atoms with Gasteiger partial charge in [-0.25, -0.2) is 18.1 Å². The van der Waals surface area contributed by atoms with Crippen molar-refractivity contribution in [3.63, 3.8) is 0 Å². The number of hydrogen-bond acceptors (Lipinski definition) is 7. The van der Waals surface area contributed by atoms with E-state index in [0.717, 1.165) is 37.4 Å². The van der Waals surface area contributed by atoms with E-state index >= 15 is 0 Å². The number of aryl methyl sites for hydroxylation is 1. The van der Waals surface area contributed by atoms with Crippen LogP contribution in [0.1, 0.15) is 128 Å². The molecular weight excluding hydrogens is 564 g/mol. The molecule has 1 N–H and O–H groups in total. The number of ether oxygens (including phenoxy) is 1. The fourth-order valence-corrected chi connectivity index (χ4v) is 4.42. The van der Waals surface area contributed by atoms with Gasteiger partial charge in [0.1, 0.15) is 18.4 Å². The average molecular weight is 631 g/mol. The third-order valence-corrected chi connectivity index (χ3v) is 8.60. The van der Waals surface area contributed by atoms with Crippen molar-refractivity contribution in [1.29, 1.82) is 0 Å². The summed E-state index contributed by atoms with van der Waals surface area (Å²) in [7, 11) is -1.03. The van der Waals surface area contributed by atoms with Crippen LogP contribution in [0.25, 0.3) is 0 Å². The average Bonchev–Trinajstić information content (AvgIpc) is 3.49. The van der Waals surface area contributed by atoms with E-state index in [-0.39, 0.29) is 42.8 Å². The van der Waals surface area contributed by atoms with Crippen LogP contribution in [-0.2, 0) is 31.4 Å². The molecule has 10 heteroatoms. The normalized spacial score (nSPS) is 14.9. The number of rotatable bonds is 8. The van der Waals surface area contributed by atoms with E-state index in [1.807, 2.05) is 59.4 Å². The van der Waals surface area contributed by atoms with Crippen molar-refractivity contribution in [2.24, 2.45) is 29.5 Å². The van der Waals surface area contributed by atoms with Crippen LogP contribution in [0.5, 0.6) is 0 Å². The highest BCUT2D eigenvalue weighted by Crippen LogP contribution is 2.27. The molecule has 1 aromatic heterocycles. The number of nitrogens with one attached hydrogen (secondary N) is 1. The third-order valence-electron chi connectivity index (χ3n) is 6.45. The van der Waals surface area contributed by atoms with Gasteiger partial charge in [-0.2, -0.15) is 0 Å². The van der Waals surface area contributed by atoms with Crippen LogP contribution in [-0.4, -0.2) is 53.7 Å². The molecule has 0 radical (unpaired) electrons. The van der Waals surface area contributed by atoms with Crippen LogP contribution in [0.15, 0.2) is 30.7 Å². The van der Waals surface area contributed by atoms with Crippen molar-refractivity contribution in [2.45, 2.75) is 146 Å². The van der Waals surface area contributed by atoms with Crippen LogP contribution < -0.4 is 4.72 Å². The largest absolute Gasteiger partial charge is 0.462 e. The number of carbonyl (C=O) groups is 1. The Balaban J connectivity index is -0.000000490. The van der Waals surface area contributed by atoms with Crippen LogP contribution in [0.2, 0.25) is 0 Å². The lowest BCUT2D eigenvalue weighted by molar-refractivity contribution is -0.152. The molecule has 0 bridgehead atoms. The molecule has 0 aliphatic heterocycles. The van der Waals surface area contributed by atoms with Gasteiger partial charge < -0.3 is 14.1 Å². The summed E-state index contributed by atoms with van der Waals surface area (Å²) in [5.74, 6) is 1.57. The molecule has 3 rings (SSSR count). The smallest absolute Gasteiger partial charge is 0.308 e. The molecule has 0 saturated heterocycles. The Bertz CT molecular complexity index is 970. The highest BCUT2D eigenvalue weighted by Gasteiger charge is 2.35. The Morgan fingerprint density at radius 2 is 1.53 bits per heavy atom. The molecule has 0 aromatic carbocycles. The van der Waals surface area contributed by atoms with Crippen molar-refractivity contribution in [3.05, 3.63) is 31.4 Å². The zero-order valence-corrected chi connectivity index (χ0v) is 29.5. The molecule has 0 unspecified atom stereocenters. The van der Waals surface area contributed by atoms with Crippen molar-refractivity contribution in [1.82, 2.24) is 14.3 Å². The lowest BCUT2D eigenvalue weighted by Crippen LogP contribution is -2.32. The maximum absolute atomic E-state index is 11.1. The molecule has 254 valence electrons. The van der Waals surface area contributed by atoms with E-state index in [1.54, 1.807) is 12.4 Å². The van der Waals surface area contributed by atoms with Crippen LogP contribution in [0, 0.1) is 17.3 Å². The van der Waals surface area contributed by atoms with Crippen molar-refractivity contribution in [2.75, 3.05) is 0 Å². The monoisotopic (exact) mass is 630 g/mol. The van der Waals surface area contributed by atoms with Crippen molar-refractivity contribution >= 4 is 22.2 Å². The number of carbonyl (C=O) groups excluding carboxylic acids is 1. The lowest BCUT2D eigenvalue weighted by atomic mass is 9.84. The van der Waals surface area contributed by atoms with Gasteiger partial charge in [-0.05, 0) is 77.6 Å². The SMILES string of the molecule is C.C=C.CC(C)C(=O)OC1CCCC1.CC(C)C(C)(C)C.CC(C)NS(=O)(=O)C1CC1.CC(C)O/N=C/c1nccn1C. The maximum Gasteiger partial charge on any atom is 0.308 e. The van der Waals surface area contributed by atoms with Crippen molar-refractivity contribution < 1.29 is 22.8 Å². The summed E-state index contributed by atoms with van der Waals surface area (Å²) in [6.45, 7) is 28.5. The van der Waals surface area contributed by atoms with Gasteiger partial charge in [-0.3, -0.25) is 4.79 Å². The number of imidazole rings is 1. The first-order valence-electron chi connectivity index (χ1n) is 15.2. The molecule has 9 nitrogen and oxygen atoms in total. The highest BCUT2D eigenvalue weighted by atomic mass is 32.2. The van der Waals surface area contributed by atoms with Crippen LogP contribution >= 0.6 is 0 Å². The number of esters is 1. The fourth-order valence-electron chi connectivity index (χ4n) is 2.81. The molecule has 43 heavy (non-hydrogen) atoms. The minimum atomic E-state index is -2.94. The number of nitrogens with zero attached hydrogens (tertiary/aromatic N) is 3. The molecule has 0 spiro atoms. The van der Waals surface area contributed by atoms with E-state index in [2.05, 4.69) is 62.6 Å². The van der Waals surface area contributed by atoms with Gasteiger partial charge in [0.05, 0.1) is 11.2 Å². The fraction of sp³-hybridized carbons (Fsp3) is 0.788. The van der Waals surface area contributed by atoms with Crippen LogP contribution in [0.3, 0.4) is 0 Å². The molecule has 1 aromatic rings. The van der Waals surface area contributed by atoms with Gasteiger partial charge in [-0.15, -0.1) is 13.2 Å². The van der Waals surface area contributed by atoms with Crippen molar-refractivity contribution in [3.8, 4) is 0 Å². The standard InChI is InChI=1S/C9H16O2.C8H13N3O.C7H16.C6H13NO2S.C2H4.CH4/c1-7(2)9(10)11-8-5-3-4-6-8;1-7(2)12-10-6-8-9-4-5-11(8)3;1-6(2)7(3,4)5;1-5(2)7-10(8,9)6-3-4-6;1-2;/h7-8H,3-6H2,1-2H3;4-7H,1-3H3;6H,1-5H3;5-7H,3-4H2,1-2H3;1-2H2;1H4/b;10-6+;;;;. The number of sulfonamides is 1. The summed E-state index contributed by atoms with van der Waals surface area (Å²) in [4.78, 5) is 20.1. The lowest BCUT2D eigenvalue weighted by Gasteiger charge is -2.22. The topological polar surface area (TPSA) is 112 Å². The van der Waals surface area contributed by atoms with E-state index in [9.17, 15) is 13.2 Å². The summed E-state index contributed by atoms with van der Waals surface area (Å²) in [6.07, 6.45) is 11.8. The minimum absolute atomic E-state index is 0. The summed E-state index contributed by atoms with van der Waals surface area (Å²) >= 11 is 0. The minimum Gasteiger partial charge on any atom is -0.462 e. The molecule has 2 saturated carbocycles. The van der Waals surface area contributed by atoms with Gasteiger partial charge in [0.15, 0.2) is 5.82 Å². The first kappa shape index (κ1) is 45.2. The Kier molecular flexibility index (Phi) is 24.4. The second-order valence-corrected chi connectivity index (χ2v) is 14.8. The zero-order valence-electron chi connectivity index (χ0n) is 28.6. The Labute approximate surface area is 265 Å². The highest BCUT2D eigenvalue weighted by molar-refractivity contribution is 7.90. The summed E-state index contributed by atoms with van der Waals surface area (Å²) in [5.41, 5.74) is 0.500. The maximum atomic E-state index is 11.1.